The number of hydrogen-bond acceptors (Lipinski definition) is 6. The Hall–Kier alpha value is -2.80. The van der Waals surface area contributed by atoms with Crippen molar-refractivity contribution in [2.75, 3.05) is 7.11 Å². The van der Waals surface area contributed by atoms with Gasteiger partial charge in [0.05, 0.1) is 12.0 Å². The van der Waals surface area contributed by atoms with Gasteiger partial charge in [0.2, 0.25) is 0 Å². The molecule has 0 N–H and O–H groups in total. The van der Waals surface area contributed by atoms with Crippen LogP contribution in [-0.2, 0) is 24.2 Å². The van der Waals surface area contributed by atoms with Gasteiger partial charge in [-0.25, -0.2) is 8.42 Å². The molecule has 2 aromatic carbocycles. The van der Waals surface area contributed by atoms with Gasteiger partial charge in [0.25, 0.3) is 0 Å². The van der Waals surface area contributed by atoms with Crippen molar-refractivity contribution in [3.63, 3.8) is 0 Å². The van der Waals surface area contributed by atoms with Crippen LogP contribution in [0.15, 0.2) is 59.5 Å². The van der Waals surface area contributed by atoms with E-state index in [1.165, 1.54) is 31.2 Å². The molecule has 0 aliphatic heterocycles. The summed E-state index contributed by atoms with van der Waals surface area (Å²) in [6.07, 6.45) is -1.35. The first kappa shape index (κ1) is 21.5. The van der Waals surface area contributed by atoms with Crippen LogP contribution in [0.3, 0.4) is 0 Å². The molecule has 1 atom stereocenters. The second-order valence-corrected chi connectivity index (χ2v) is 8.91. The van der Waals surface area contributed by atoms with Crippen molar-refractivity contribution < 1.29 is 27.5 Å². The maximum Gasteiger partial charge on any atom is 0.328 e. The Kier molecular flexibility index (Phi) is 6.51. The topological polar surface area (TPSA) is 94.6 Å². The molecule has 0 bridgehead atoms. The number of methoxy groups -OCH3 is 1. The molecular formula is C21H22O6S. The van der Waals surface area contributed by atoms with Crippen LogP contribution >= 0.6 is 0 Å². The molecule has 0 spiro atoms. The van der Waals surface area contributed by atoms with Crippen LogP contribution in [-0.4, -0.2) is 37.8 Å². The van der Waals surface area contributed by atoms with Crippen LogP contribution in [0.25, 0.3) is 0 Å². The molecule has 0 heterocycles. The fourth-order valence-electron chi connectivity index (χ4n) is 3.02. The minimum absolute atomic E-state index is 0.148. The van der Waals surface area contributed by atoms with Crippen LogP contribution in [0.1, 0.15) is 35.7 Å². The normalized spacial score (nSPS) is 13.4. The van der Waals surface area contributed by atoms with Gasteiger partial charge in [-0.2, -0.15) is 0 Å². The third-order valence-corrected chi connectivity index (χ3v) is 6.86. The summed E-state index contributed by atoms with van der Waals surface area (Å²) in [5, 5.41) is 0. The predicted octanol–water partition coefficient (Wildman–Crippen LogP) is 2.93. The highest BCUT2D eigenvalue weighted by Gasteiger charge is 2.54. The van der Waals surface area contributed by atoms with Gasteiger partial charge in [-0.1, -0.05) is 48.0 Å². The Morgan fingerprint density at radius 2 is 1.50 bits per heavy atom. The third kappa shape index (κ3) is 4.20. The van der Waals surface area contributed by atoms with Gasteiger partial charge in [-0.3, -0.25) is 14.4 Å². The van der Waals surface area contributed by atoms with Crippen LogP contribution in [0.5, 0.6) is 0 Å². The van der Waals surface area contributed by atoms with E-state index in [1.807, 2.05) is 0 Å². The Labute approximate surface area is 164 Å². The molecule has 7 heteroatoms. The standard InChI is InChI=1S/C21H22O6S/c1-15-9-11-18(12-10-15)28(25,26)21(13-16(2)22,20(24)27-3)14-19(23)17-7-5-4-6-8-17/h4-12H,13-14H2,1-3H3. The number of sulfone groups is 1. The molecule has 0 radical (unpaired) electrons. The number of rotatable bonds is 8. The fourth-order valence-corrected chi connectivity index (χ4v) is 4.99. The molecule has 1 unspecified atom stereocenters. The summed E-state index contributed by atoms with van der Waals surface area (Å²) in [5.74, 6) is -2.24. The second-order valence-electron chi connectivity index (χ2n) is 6.65. The van der Waals surface area contributed by atoms with E-state index in [9.17, 15) is 22.8 Å². The summed E-state index contributed by atoms with van der Waals surface area (Å²) in [5.41, 5.74) is 1.08. The lowest BCUT2D eigenvalue weighted by molar-refractivity contribution is -0.145. The first-order valence-electron chi connectivity index (χ1n) is 8.61. The van der Waals surface area contributed by atoms with E-state index in [2.05, 4.69) is 0 Å². The molecule has 28 heavy (non-hydrogen) atoms. The predicted molar refractivity (Wildman–Crippen MR) is 104 cm³/mol. The number of ether oxygens (including phenoxy) is 1. The Bertz CT molecular complexity index is 977. The molecule has 0 saturated carbocycles. The summed E-state index contributed by atoms with van der Waals surface area (Å²) < 4.78 is 29.4. The first-order valence-corrected chi connectivity index (χ1v) is 10.1. The van der Waals surface area contributed by atoms with Crippen LogP contribution < -0.4 is 0 Å². The van der Waals surface area contributed by atoms with Crippen molar-refractivity contribution >= 4 is 27.4 Å². The third-order valence-electron chi connectivity index (χ3n) is 4.48. The quantitative estimate of drug-likeness (QED) is 0.498. The Balaban J connectivity index is 2.66. The minimum Gasteiger partial charge on any atom is -0.468 e. The van der Waals surface area contributed by atoms with Gasteiger partial charge >= 0.3 is 5.97 Å². The maximum absolute atomic E-state index is 13.5. The molecular weight excluding hydrogens is 380 g/mol. The molecule has 0 amide bonds. The van der Waals surface area contributed by atoms with Crippen molar-refractivity contribution in [2.45, 2.75) is 36.3 Å². The zero-order valence-corrected chi connectivity index (χ0v) is 16.8. The lowest BCUT2D eigenvalue weighted by Crippen LogP contribution is -2.50. The SMILES string of the molecule is COC(=O)C(CC(C)=O)(CC(=O)c1ccccc1)S(=O)(=O)c1ccc(C)cc1. The summed E-state index contributed by atoms with van der Waals surface area (Å²) in [6, 6.07) is 13.9. The molecule has 2 aromatic rings. The Morgan fingerprint density at radius 3 is 2.00 bits per heavy atom. The van der Waals surface area contributed by atoms with Gasteiger partial charge in [0.15, 0.2) is 20.4 Å². The summed E-state index contributed by atoms with van der Waals surface area (Å²) in [4.78, 5) is 37.3. The van der Waals surface area contributed by atoms with Gasteiger partial charge in [0, 0.05) is 18.4 Å². The number of esters is 1. The summed E-state index contributed by atoms with van der Waals surface area (Å²) >= 11 is 0. The largest absolute Gasteiger partial charge is 0.468 e. The number of carbonyl (C=O) groups is 3. The lowest BCUT2D eigenvalue weighted by atomic mass is 9.93. The monoisotopic (exact) mass is 402 g/mol. The van der Waals surface area contributed by atoms with E-state index in [0.29, 0.717) is 0 Å². The van der Waals surface area contributed by atoms with E-state index < -0.39 is 45.0 Å². The van der Waals surface area contributed by atoms with Crippen molar-refractivity contribution in [1.29, 1.82) is 0 Å². The summed E-state index contributed by atoms with van der Waals surface area (Å²) in [6.45, 7) is 2.97. The van der Waals surface area contributed by atoms with Crippen molar-refractivity contribution in [2.24, 2.45) is 0 Å². The number of aryl methyl sites for hydroxylation is 1. The average molecular weight is 402 g/mol. The summed E-state index contributed by atoms with van der Waals surface area (Å²) in [7, 11) is -3.37. The number of ketones is 2. The zero-order chi connectivity index (χ0) is 20.9. The maximum atomic E-state index is 13.5. The molecule has 0 aromatic heterocycles. The fraction of sp³-hybridized carbons (Fsp3) is 0.286. The number of carbonyl (C=O) groups excluding carboxylic acids is 3. The molecule has 0 fully saturated rings. The van der Waals surface area contributed by atoms with E-state index >= 15 is 0 Å². The molecule has 6 nitrogen and oxygen atoms in total. The number of benzene rings is 2. The van der Waals surface area contributed by atoms with Crippen LogP contribution in [0, 0.1) is 6.92 Å². The highest BCUT2D eigenvalue weighted by Crippen LogP contribution is 2.35. The van der Waals surface area contributed by atoms with E-state index in [0.717, 1.165) is 12.7 Å². The minimum atomic E-state index is -4.41. The number of Topliss-reactive ketones (excluding diaryl/α,β-unsaturated/α-hetero) is 2. The van der Waals surface area contributed by atoms with Gasteiger partial charge in [-0.15, -0.1) is 0 Å². The molecule has 2 rings (SSSR count). The lowest BCUT2D eigenvalue weighted by Gasteiger charge is -2.29. The highest BCUT2D eigenvalue weighted by atomic mass is 32.2. The zero-order valence-electron chi connectivity index (χ0n) is 16.0. The second kappa shape index (κ2) is 8.48. The van der Waals surface area contributed by atoms with Crippen molar-refractivity contribution in [1.82, 2.24) is 0 Å². The molecule has 0 aliphatic rings. The van der Waals surface area contributed by atoms with Gasteiger partial charge < -0.3 is 4.74 Å². The smallest absolute Gasteiger partial charge is 0.328 e. The Morgan fingerprint density at radius 1 is 0.929 bits per heavy atom. The van der Waals surface area contributed by atoms with Crippen molar-refractivity contribution in [3.8, 4) is 0 Å². The molecule has 0 aliphatic carbocycles. The first-order chi connectivity index (χ1) is 13.1. The van der Waals surface area contributed by atoms with Crippen LogP contribution in [0.2, 0.25) is 0 Å². The van der Waals surface area contributed by atoms with E-state index in [4.69, 9.17) is 4.74 Å². The average Bonchev–Trinajstić information content (AvgIpc) is 2.67. The molecule has 148 valence electrons. The van der Waals surface area contributed by atoms with Gasteiger partial charge in [-0.05, 0) is 26.0 Å². The van der Waals surface area contributed by atoms with Crippen molar-refractivity contribution in [3.05, 3.63) is 65.7 Å². The van der Waals surface area contributed by atoms with E-state index in [1.54, 1.807) is 37.3 Å². The highest BCUT2D eigenvalue weighted by molar-refractivity contribution is 7.93. The van der Waals surface area contributed by atoms with Crippen LogP contribution in [0.4, 0.5) is 0 Å². The molecule has 0 saturated heterocycles. The number of hydrogen-bond donors (Lipinski definition) is 0. The van der Waals surface area contributed by atoms with Gasteiger partial charge in [0.1, 0.15) is 5.78 Å². The van der Waals surface area contributed by atoms with E-state index in [-0.39, 0.29) is 10.5 Å².